The highest BCUT2D eigenvalue weighted by molar-refractivity contribution is 6.05. The largest absolute Gasteiger partial charge is 0.460 e. The second-order valence-electron chi connectivity index (χ2n) is 4.87. The van der Waals surface area contributed by atoms with E-state index >= 15 is 0 Å². The van der Waals surface area contributed by atoms with Gasteiger partial charge in [-0.05, 0) is 24.6 Å². The summed E-state index contributed by atoms with van der Waals surface area (Å²) in [5, 5.41) is 3.85. The third-order valence-corrected chi connectivity index (χ3v) is 3.85. The minimum absolute atomic E-state index is 1.09. The molecule has 84 valence electrons. The highest BCUT2D eigenvalue weighted by Crippen LogP contribution is 2.35. The molecule has 0 fully saturated rings. The monoisotopic (exact) mass is 222 g/mol. The molecule has 0 spiro atoms. The SMILES string of the molecule is c1ccc2c(c1)ccc1c3c(oc12)CCCC3. The third-order valence-electron chi connectivity index (χ3n) is 3.85. The van der Waals surface area contributed by atoms with E-state index in [2.05, 4.69) is 36.4 Å². The molecule has 0 radical (unpaired) electrons. The van der Waals surface area contributed by atoms with Gasteiger partial charge in [0.2, 0.25) is 0 Å². The van der Waals surface area contributed by atoms with Crippen LogP contribution in [0.2, 0.25) is 0 Å². The van der Waals surface area contributed by atoms with E-state index in [1.807, 2.05) is 0 Å². The molecule has 1 aromatic heterocycles. The summed E-state index contributed by atoms with van der Waals surface area (Å²) in [4.78, 5) is 0. The van der Waals surface area contributed by atoms with Crippen molar-refractivity contribution in [3.05, 3.63) is 47.7 Å². The Morgan fingerprint density at radius 1 is 0.824 bits per heavy atom. The van der Waals surface area contributed by atoms with Crippen LogP contribution in [-0.2, 0) is 12.8 Å². The Morgan fingerprint density at radius 3 is 2.71 bits per heavy atom. The molecule has 1 heterocycles. The predicted octanol–water partition coefficient (Wildman–Crippen LogP) is 4.46. The molecule has 0 unspecified atom stereocenters. The van der Waals surface area contributed by atoms with E-state index in [-0.39, 0.29) is 0 Å². The number of hydrogen-bond donors (Lipinski definition) is 0. The number of benzene rings is 2. The normalized spacial score (nSPS) is 15.3. The van der Waals surface area contributed by atoms with Crippen molar-refractivity contribution >= 4 is 21.7 Å². The molecule has 0 aliphatic heterocycles. The van der Waals surface area contributed by atoms with Crippen LogP contribution in [0.15, 0.2) is 40.8 Å². The van der Waals surface area contributed by atoms with Crippen LogP contribution < -0.4 is 0 Å². The van der Waals surface area contributed by atoms with E-state index < -0.39 is 0 Å². The van der Waals surface area contributed by atoms with E-state index in [0.717, 1.165) is 12.0 Å². The zero-order valence-electron chi connectivity index (χ0n) is 9.70. The third kappa shape index (κ3) is 1.25. The quantitative estimate of drug-likeness (QED) is 0.547. The lowest BCUT2D eigenvalue weighted by molar-refractivity contribution is 0.507. The molecule has 3 aromatic rings. The first-order chi connectivity index (χ1) is 8.43. The van der Waals surface area contributed by atoms with Gasteiger partial charge >= 0.3 is 0 Å². The highest BCUT2D eigenvalue weighted by Gasteiger charge is 2.18. The molecular weight excluding hydrogens is 208 g/mol. The Hall–Kier alpha value is -1.76. The molecule has 1 heteroatoms. The molecule has 1 nitrogen and oxygen atoms in total. The van der Waals surface area contributed by atoms with Gasteiger partial charge in [-0.2, -0.15) is 0 Å². The van der Waals surface area contributed by atoms with E-state index in [0.29, 0.717) is 0 Å². The summed E-state index contributed by atoms with van der Waals surface area (Å²) >= 11 is 0. The Kier molecular flexibility index (Phi) is 1.84. The van der Waals surface area contributed by atoms with Crippen molar-refractivity contribution in [2.45, 2.75) is 25.7 Å². The molecular formula is C16H14O. The molecule has 0 saturated carbocycles. The molecule has 0 saturated heterocycles. The summed E-state index contributed by atoms with van der Waals surface area (Å²) < 4.78 is 6.10. The maximum absolute atomic E-state index is 6.10. The molecule has 4 rings (SSSR count). The van der Waals surface area contributed by atoms with Crippen molar-refractivity contribution in [2.75, 3.05) is 0 Å². The number of furan rings is 1. The summed E-state index contributed by atoms with van der Waals surface area (Å²) in [7, 11) is 0. The number of hydrogen-bond acceptors (Lipinski definition) is 1. The Balaban J connectivity index is 2.16. The predicted molar refractivity (Wildman–Crippen MR) is 70.4 cm³/mol. The lowest BCUT2D eigenvalue weighted by Crippen LogP contribution is -1.98. The van der Waals surface area contributed by atoms with Crippen LogP contribution in [0.3, 0.4) is 0 Å². The summed E-state index contributed by atoms with van der Waals surface area (Å²) in [5.74, 6) is 1.22. The Labute approximate surface area is 100 Å². The van der Waals surface area contributed by atoms with Crippen molar-refractivity contribution < 1.29 is 4.42 Å². The van der Waals surface area contributed by atoms with Crippen LogP contribution in [0.5, 0.6) is 0 Å². The average Bonchev–Trinajstić information content (AvgIpc) is 2.78. The molecule has 1 aliphatic rings. The summed E-state index contributed by atoms with van der Waals surface area (Å²) in [6, 6.07) is 12.9. The van der Waals surface area contributed by atoms with Gasteiger partial charge < -0.3 is 4.42 Å². The van der Waals surface area contributed by atoms with Gasteiger partial charge in [0.05, 0.1) is 0 Å². The Bertz CT molecular complexity index is 706. The van der Waals surface area contributed by atoms with Crippen molar-refractivity contribution in [1.82, 2.24) is 0 Å². The standard InChI is InChI=1S/C16H14O/c1-2-6-12-11(5-1)9-10-14-13-7-3-4-8-15(13)17-16(12)14/h1-2,5-6,9-10H,3-4,7-8H2. The lowest BCUT2D eigenvalue weighted by Gasteiger charge is -2.08. The van der Waals surface area contributed by atoms with Gasteiger partial charge in [0.25, 0.3) is 0 Å². The van der Waals surface area contributed by atoms with Crippen molar-refractivity contribution in [2.24, 2.45) is 0 Å². The minimum atomic E-state index is 1.09. The van der Waals surface area contributed by atoms with E-state index in [1.54, 1.807) is 0 Å². The fourth-order valence-electron chi connectivity index (χ4n) is 2.99. The number of aryl methyl sites for hydroxylation is 2. The van der Waals surface area contributed by atoms with E-state index in [4.69, 9.17) is 4.42 Å². The van der Waals surface area contributed by atoms with Crippen LogP contribution in [0.4, 0.5) is 0 Å². The summed E-state index contributed by atoms with van der Waals surface area (Å²) in [6.07, 6.45) is 4.86. The van der Waals surface area contributed by atoms with Crippen LogP contribution in [0.1, 0.15) is 24.2 Å². The zero-order valence-corrected chi connectivity index (χ0v) is 9.70. The van der Waals surface area contributed by atoms with Crippen LogP contribution in [-0.4, -0.2) is 0 Å². The summed E-state index contributed by atoms with van der Waals surface area (Å²) in [6.45, 7) is 0. The molecule has 2 aromatic carbocycles. The number of fused-ring (bicyclic) bond motifs is 5. The molecule has 0 bridgehead atoms. The highest BCUT2D eigenvalue weighted by atomic mass is 16.3. The van der Waals surface area contributed by atoms with E-state index in [9.17, 15) is 0 Å². The zero-order chi connectivity index (χ0) is 11.2. The van der Waals surface area contributed by atoms with Gasteiger partial charge in [-0.1, -0.05) is 36.4 Å². The minimum Gasteiger partial charge on any atom is -0.460 e. The van der Waals surface area contributed by atoms with Crippen molar-refractivity contribution in [3.8, 4) is 0 Å². The molecule has 17 heavy (non-hydrogen) atoms. The fraction of sp³-hybridized carbons (Fsp3) is 0.250. The topological polar surface area (TPSA) is 13.1 Å². The van der Waals surface area contributed by atoms with Gasteiger partial charge in [-0.3, -0.25) is 0 Å². The molecule has 1 aliphatic carbocycles. The average molecular weight is 222 g/mol. The smallest absolute Gasteiger partial charge is 0.142 e. The first-order valence-corrected chi connectivity index (χ1v) is 6.35. The van der Waals surface area contributed by atoms with Gasteiger partial charge in [-0.25, -0.2) is 0 Å². The first kappa shape index (κ1) is 9.29. The fourth-order valence-corrected chi connectivity index (χ4v) is 2.99. The lowest BCUT2D eigenvalue weighted by atomic mass is 9.95. The van der Waals surface area contributed by atoms with E-state index in [1.165, 1.54) is 46.7 Å². The van der Waals surface area contributed by atoms with Crippen LogP contribution in [0.25, 0.3) is 21.7 Å². The second-order valence-corrected chi connectivity index (χ2v) is 4.87. The van der Waals surface area contributed by atoms with Crippen LogP contribution in [0, 0.1) is 0 Å². The van der Waals surface area contributed by atoms with Gasteiger partial charge in [0.15, 0.2) is 0 Å². The van der Waals surface area contributed by atoms with Crippen molar-refractivity contribution in [3.63, 3.8) is 0 Å². The molecule has 0 amide bonds. The maximum Gasteiger partial charge on any atom is 0.142 e. The van der Waals surface area contributed by atoms with Crippen molar-refractivity contribution in [1.29, 1.82) is 0 Å². The first-order valence-electron chi connectivity index (χ1n) is 6.35. The van der Waals surface area contributed by atoms with Gasteiger partial charge in [-0.15, -0.1) is 0 Å². The second kappa shape index (κ2) is 3.36. The van der Waals surface area contributed by atoms with Crippen LogP contribution >= 0.6 is 0 Å². The Morgan fingerprint density at radius 2 is 1.71 bits per heavy atom. The number of rotatable bonds is 0. The summed E-state index contributed by atoms with van der Waals surface area (Å²) in [5.41, 5.74) is 2.55. The van der Waals surface area contributed by atoms with Gasteiger partial charge in [0.1, 0.15) is 11.3 Å². The molecule has 0 N–H and O–H groups in total. The van der Waals surface area contributed by atoms with Gasteiger partial charge in [0, 0.05) is 22.8 Å². The maximum atomic E-state index is 6.10. The molecule has 0 atom stereocenters.